The van der Waals surface area contributed by atoms with Crippen LogP contribution in [-0.4, -0.2) is 96.2 Å². The van der Waals surface area contributed by atoms with Crippen LogP contribution in [0.2, 0.25) is 0 Å². The van der Waals surface area contributed by atoms with Gasteiger partial charge in [-0.1, -0.05) is 60.7 Å². The molecule has 3 heterocycles. The first kappa shape index (κ1) is 36.1. The second kappa shape index (κ2) is 16.0. The summed E-state index contributed by atoms with van der Waals surface area (Å²) in [4.78, 5) is 61.9. The van der Waals surface area contributed by atoms with Crippen LogP contribution in [0.15, 0.2) is 60.7 Å². The Bertz CT molecular complexity index is 1480. The third kappa shape index (κ3) is 9.08. The van der Waals surface area contributed by atoms with Crippen LogP contribution in [0, 0.1) is 0 Å². The molecule has 2 bridgehead atoms. The Hall–Kier alpha value is -4.21. The van der Waals surface area contributed by atoms with Crippen molar-refractivity contribution >= 4 is 29.7 Å². The second-order valence-corrected chi connectivity index (χ2v) is 12.2. The van der Waals surface area contributed by atoms with Crippen LogP contribution in [0.1, 0.15) is 51.2 Å². The number of carboxylic acid groups (broad SMARTS) is 1. The summed E-state index contributed by atoms with van der Waals surface area (Å²) < 4.78 is 48.4. The highest BCUT2D eigenvalue weighted by atomic mass is 16.8. The number of hydrogen-bond acceptors (Lipinski definition) is 13. The van der Waals surface area contributed by atoms with E-state index in [0.717, 1.165) is 5.56 Å². The molecule has 9 atom stereocenters. The molecule has 1 N–H and O–H groups in total. The maximum Gasteiger partial charge on any atom is 0.336 e. The monoisotopic (exact) mass is 684 g/mol. The van der Waals surface area contributed by atoms with Crippen LogP contribution < -0.4 is 0 Å². The first-order valence-electron chi connectivity index (χ1n) is 16.0. The summed E-state index contributed by atoms with van der Waals surface area (Å²) in [5.74, 6) is -5.97. The highest BCUT2D eigenvalue weighted by Gasteiger charge is 2.61. The van der Waals surface area contributed by atoms with E-state index in [4.69, 9.17) is 37.9 Å². The van der Waals surface area contributed by atoms with Gasteiger partial charge in [0.2, 0.25) is 5.79 Å². The number of hydrogen-bond donors (Lipinski definition) is 1. The molecule has 0 unspecified atom stereocenters. The summed E-state index contributed by atoms with van der Waals surface area (Å²) in [5.41, 5.74) is 1.46. The van der Waals surface area contributed by atoms with E-state index in [-0.39, 0.29) is 44.7 Å². The molecule has 0 amide bonds. The number of esters is 3. The van der Waals surface area contributed by atoms with Gasteiger partial charge < -0.3 is 47.8 Å². The maximum atomic E-state index is 12.7. The molecule has 3 fully saturated rings. The zero-order valence-electron chi connectivity index (χ0n) is 27.4. The molecular formula is C35H40O14. The van der Waals surface area contributed by atoms with Gasteiger partial charge in [0.05, 0.1) is 19.6 Å². The number of fused-ring (bicyclic) bond motifs is 2. The molecule has 14 heteroatoms. The van der Waals surface area contributed by atoms with Crippen molar-refractivity contribution in [1.82, 2.24) is 0 Å². The lowest BCUT2D eigenvalue weighted by Gasteiger charge is -2.50. The minimum absolute atomic E-state index is 0.0106. The number of carboxylic acids is 1. The van der Waals surface area contributed by atoms with E-state index in [1.807, 2.05) is 30.3 Å². The second-order valence-electron chi connectivity index (χ2n) is 12.2. The number of ketones is 1. The average molecular weight is 685 g/mol. The Morgan fingerprint density at radius 3 is 2.08 bits per heavy atom. The summed E-state index contributed by atoms with van der Waals surface area (Å²) in [6, 6.07) is 18.1. The Morgan fingerprint density at radius 1 is 0.816 bits per heavy atom. The molecule has 5 rings (SSSR count). The fourth-order valence-corrected chi connectivity index (χ4v) is 6.20. The summed E-state index contributed by atoms with van der Waals surface area (Å²) in [7, 11) is 0. The SMILES string of the molecule is CC(=O)CCC(=O)O[C@H]1C[C@@H](OC(C)=O)[C@](Cc2ccccc2)(O[C@H]2[C@H](OC(C)=O)[C@@H](OCc3ccccc3)[C@@H]3OC[C@H]2O3)O[C@@H]1C(=O)O. The third-order valence-electron chi connectivity index (χ3n) is 8.35. The number of aliphatic carboxylic acids is 1. The molecular weight excluding hydrogens is 644 g/mol. The zero-order chi connectivity index (χ0) is 35.1. The van der Waals surface area contributed by atoms with Crippen molar-refractivity contribution in [3.8, 4) is 0 Å². The van der Waals surface area contributed by atoms with Crippen molar-refractivity contribution < 1.29 is 67.0 Å². The summed E-state index contributed by atoms with van der Waals surface area (Å²) in [5, 5.41) is 10.3. The molecule has 0 spiro atoms. The molecule has 3 aliphatic heterocycles. The fraction of sp³-hybridized carbons (Fsp3) is 0.514. The molecule has 3 aliphatic rings. The molecule has 49 heavy (non-hydrogen) atoms. The molecule has 0 aliphatic carbocycles. The number of carbonyl (C=O) groups is 5. The Morgan fingerprint density at radius 2 is 1.47 bits per heavy atom. The lowest BCUT2D eigenvalue weighted by Crippen LogP contribution is -2.67. The van der Waals surface area contributed by atoms with E-state index < -0.39 is 78.7 Å². The van der Waals surface area contributed by atoms with Gasteiger partial charge in [0.15, 0.2) is 24.6 Å². The first-order chi connectivity index (χ1) is 23.4. The first-order valence-corrected chi connectivity index (χ1v) is 16.0. The van der Waals surface area contributed by atoms with Crippen LogP contribution in [0.25, 0.3) is 0 Å². The van der Waals surface area contributed by atoms with Crippen LogP contribution in [0.5, 0.6) is 0 Å². The van der Waals surface area contributed by atoms with Gasteiger partial charge in [0.1, 0.15) is 30.2 Å². The number of rotatable bonds is 14. The van der Waals surface area contributed by atoms with Gasteiger partial charge in [-0.3, -0.25) is 14.4 Å². The van der Waals surface area contributed by atoms with Crippen molar-refractivity contribution in [1.29, 1.82) is 0 Å². The molecule has 2 aromatic carbocycles. The fourth-order valence-electron chi connectivity index (χ4n) is 6.20. The van der Waals surface area contributed by atoms with Gasteiger partial charge in [0.25, 0.3) is 0 Å². The largest absolute Gasteiger partial charge is 0.479 e. The Kier molecular flexibility index (Phi) is 11.8. The van der Waals surface area contributed by atoms with Crippen molar-refractivity contribution in [2.75, 3.05) is 6.61 Å². The third-order valence-corrected chi connectivity index (χ3v) is 8.35. The van der Waals surface area contributed by atoms with Crippen molar-refractivity contribution in [3.63, 3.8) is 0 Å². The number of carbonyl (C=O) groups excluding carboxylic acids is 4. The van der Waals surface area contributed by atoms with Gasteiger partial charge in [0, 0.05) is 33.1 Å². The molecule has 264 valence electrons. The minimum Gasteiger partial charge on any atom is -0.479 e. The Balaban J connectivity index is 1.53. The van der Waals surface area contributed by atoms with Crippen LogP contribution in [-0.2, 0) is 74.9 Å². The molecule has 2 aromatic rings. The Labute approximate surface area is 282 Å². The highest BCUT2D eigenvalue weighted by molar-refractivity contribution is 5.81. The zero-order valence-corrected chi connectivity index (χ0v) is 27.4. The normalized spacial score (nSPS) is 30.6. The van der Waals surface area contributed by atoms with Gasteiger partial charge in [-0.25, -0.2) is 4.79 Å². The maximum absolute atomic E-state index is 12.7. The van der Waals surface area contributed by atoms with Gasteiger partial charge in [-0.05, 0) is 18.1 Å². The summed E-state index contributed by atoms with van der Waals surface area (Å²) in [6.45, 7) is 3.84. The van der Waals surface area contributed by atoms with Crippen molar-refractivity contribution in [2.45, 2.75) is 108 Å². The van der Waals surface area contributed by atoms with Gasteiger partial charge >= 0.3 is 23.9 Å². The van der Waals surface area contributed by atoms with E-state index in [0.29, 0.717) is 5.56 Å². The lowest BCUT2D eigenvalue weighted by atomic mass is 9.89. The van der Waals surface area contributed by atoms with E-state index >= 15 is 0 Å². The molecule has 0 saturated carbocycles. The molecule has 14 nitrogen and oxygen atoms in total. The molecule has 0 radical (unpaired) electrons. The highest BCUT2D eigenvalue weighted by Crippen LogP contribution is 2.43. The quantitative estimate of drug-likeness (QED) is 0.227. The predicted octanol–water partition coefficient (Wildman–Crippen LogP) is 2.67. The van der Waals surface area contributed by atoms with Gasteiger partial charge in [-0.2, -0.15) is 0 Å². The topological polar surface area (TPSA) is 179 Å². The smallest absolute Gasteiger partial charge is 0.336 e. The summed E-state index contributed by atoms with van der Waals surface area (Å²) >= 11 is 0. The standard InChI is InChI=1S/C35H40O14/c1-20(36)14-15-28(39)46-25-16-27(44-21(2)37)35(49-30(25)33(40)41,17-23-10-6-4-7-11-23)48-29-26-19-43-34(47-26)32(31(29)45-22(3)38)42-18-24-12-8-5-9-13-24/h4-13,25-27,29-32,34H,14-19H2,1-3H3,(H,40,41)/t25-,26+,27+,29+,30-,31-,32+,34+,35+/m0/s1. The van der Waals surface area contributed by atoms with Crippen molar-refractivity contribution in [2.24, 2.45) is 0 Å². The van der Waals surface area contributed by atoms with E-state index in [2.05, 4.69) is 0 Å². The van der Waals surface area contributed by atoms with Gasteiger partial charge in [-0.15, -0.1) is 0 Å². The molecule has 0 aromatic heterocycles. The predicted molar refractivity (Wildman–Crippen MR) is 165 cm³/mol. The number of benzene rings is 2. The molecule has 3 saturated heterocycles. The van der Waals surface area contributed by atoms with Crippen molar-refractivity contribution in [3.05, 3.63) is 71.8 Å². The lowest BCUT2D eigenvalue weighted by molar-refractivity contribution is -0.373. The van der Waals surface area contributed by atoms with Crippen LogP contribution in [0.4, 0.5) is 0 Å². The van der Waals surface area contributed by atoms with E-state index in [1.54, 1.807) is 30.3 Å². The van der Waals surface area contributed by atoms with E-state index in [9.17, 15) is 29.1 Å². The summed E-state index contributed by atoms with van der Waals surface area (Å²) in [6.07, 6.45) is -10.4. The minimum atomic E-state index is -2.04. The average Bonchev–Trinajstić information content (AvgIpc) is 3.49. The van der Waals surface area contributed by atoms with Crippen LogP contribution in [0.3, 0.4) is 0 Å². The number of ether oxygens (including phenoxy) is 8. The van der Waals surface area contributed by atoms with E-state index in [1.165, 1.54) is 20.8 Å². The van der Waals surface area contributed by atoms with Crippen LogP contribution >= 0.6 is 0 Å². The number of Topliss-reactive ketones (excluding diaryl/α,β-unsaturated/α-hetero) is 1.